The van der Waals surface area contributed by atoms with Gasteiger partial charge in [0.2, 0.25) is 5.89 Å². The largest absolute Gasteiger partial charge is 0.440 e. The Hall–Kier alpha value is -1.61. The van der Waals surface area contributed by atoms with Crippen LogP contribution >= 0.6 is 11.6 Å². The Labute approximate surface area is 111 Å². The van der Waals surface area contributed by atoms with Crippen LogP contribution in [0.15, 0.2) is 28.7 Å². The van der Waals surface area contributed by atoms with Gasteiger partial charge in [-0.25, -0.2) is 4.98 Å². The van der Waals surface area contributed by atoms with Crippen LogP contribution in [0.1, 0.15) is 30.1 Å². The van der Waals surface area contributed by atoms with Gasteiger partial charge in [0.15, 0.2) is 6.29 Å². The van der Waals surface area contributed by atoms with E-state index in [2.05, 4.69) is 18.8 Å². The molecule has 4 heteroatoms. The summed E-state index contributed by atoms with van der Waals surface area (Å²) in [7, 11) is 0. The van der Waals surface area contributed by atoms with Crippen molar-refractivity contribution in [1.82, 2.24) is 4.98 Å². The minimum atomic E-state index is 0.374. The first-order valence-corrected chi connectivity index (χ1v) is 6.18. The third-order valence-corrected chi connectivity index (χ3v) is 2.74. The molecule has 0 aliphatic heterocycles. The van der Waals surface area contributed by atoms with Gasteiger partial charge in [-0.15, -0.1) is 0 Å². The van der Waals surface area contributed by atoms with E-state index in [4.69, 9.17) is 16.0 Å². The molecular weight excluding hydrogens is 250 g/mol. The van der Waals surface area contributed by atoms with Crippen molar-refractivity contribution in [2.75, 3.05) is 0 Å². The quantitative estimate of drug-likeness (QED) is 0.783. The average Bonchev–Trinajstić information content (AvgIpc) is 2.71. The van der Waals surface area contributed by atoms with Crippen molar-refractivity contribution in [2.45, 2.75) is 20.3 Å². The van der Waals surface area contributed by atoms with E-state index in [9.17, 15) is 4.79 Å². The fourth-order valence-electron chi connectivity index (χ4n) is 1.72. The lowest BCUT2D eigenvalue weighted by molar-refractivity contribution is 0.111. The zero-order valence-electron chi connectivity index (χ0n) is 10.3. The van der Waals surface area contributed by atoms with Gasteiger partial charge in [-0.05, 0) is 24.1 Å². The highest BCUT2D eigenvalue weighted by atomic mass is 35.5. The molecule has 0 aliphatic carbocycles. The molecule has 0 aliphatic rings. The van der Waals surface area contributed by atoms with Crippen LogP contribution in [0, 0.1) is 5.92 Å². The van der Waals surface area contributed by atoms with Crippen molar-refractivity contribution < 1.29 is 9.21 Å². The molecule has 0 amide bonds. The molecule has 0 saturated carbocycles. The van der Waals surface area contributed by atoms with E-state index in [1.165, 1.54) is 0 Å². The van der Waals surface area contributed by atoms with Gasteiger partial charge in [0, 0.05) is 17.0 Å². The Morgan fingerprint density at radius 3 is 2.83 bits per heavy atom. The number of oxazole rings is 1. The van der Waals surface area contributed by atoms with Crippen molar-refractivity contribution >= 4 is 17.9 Å². The molecule has 0 radical (unpaired) electrons. The third-order valence-electron chi connectivity index (χ3n) is 2.50. The Morgan fingerprint density at radius 2 is 2.22 bits per heavy atom. The lowest BCUT2D eigenvalue weighted by atomic mass is 10.1. The van der Waals surface area contributed by atoms with Gasteiger partial charge in [0.05, 0.1) is 0 Å². The topological polar surface area (TPSA) is 43.1 Å². The number of benzene rings is 1. The molecule has 94 valence electrons. The number of rotatable bonds is 4. The number of aromatic nitrogens is 1. The van der Waals surface area contributed by atoms with Gasteiger partial charge in [-0.2, -0.15) is 0 Å². The highest BCUT2D eigenvalue weighted by molar-refractivity contribution is 6.30. The van der Waals surface area contributed by atoms with E-state index in [-0.39, 0.29) is 0 Å². The number of aldehydes is 1. The van der Waals surface area contributed by atoms with Crippen LogP contribution in [0.2, 0.25) is 5.02 Å². The molecule has 1 heterocycles. The lowest BCUT2D eigenvalue weighted by Crippen LogP contribution is -1.96. The second kappa shape index (κ2) is 5.36. The lowest BCUT2D eigenvalue weighted by Gasteiger charge is -2.00. The number of halogens is 1. The zero-order valence-corrected chi connectivity index (χ0v) is 11.1. The fourth-order valence-corrected chi connectivity index (χ4v) is 1.91. The molecule has 2 rings (SSSR count). The first-order chi connectivity index (χ1) is 8.60. The van der Waals surface area contributed by atoms with E-state index in [1.54, 1.807) is 12.1 Å². The number of carbonyl (C=O) groups excluding carboxylic acids is 1. The summed E-state index contributed by atoms with van der Waals surface area (Å²) >= 11 is 5.92. The summed E-state index contributed by atoms with van der Waals surface area (Å²) in [6.45, 7) is 4.13. The summed E-state index contributed by atoms with van der Waals surface area (Å²) in [6, 6.07) is 7.22. The Morgan fingerprint density at radius 1 is 1.44 bits per heavy atom. The number of carbonyl (C=O) groups is 1. The van der Waals surface area contributed by atoms with Gasteiger partial charge >= 0.3 is 0 Å². The molecule has 0 bridgehead atoms. The predicted molar refractivity (Wildman–Crippen MR) is 70.9 cm³/mol. The molecule has 0 atom stereocenters. The van der Waals surface area contributed by atoms with Gasteiger partial charge < -0.3 is 4.42 Å². The van der Waals surface area contributed by atoms with Crippen LogP contribution in [0.5, 0.6) is 0 Å². The molecule has 0 spiro atoms. The highest BCUT2D eigenvalue weighted by Gasteiger charge is 2.15. The van der Waals surface area contributed by atoms with E-state index >= 15 is 0 Å². The summed E-state index contributed by atoms with van der Waals surface area (Å²) in [5.41, 5.74) is 1.15. The monoisotopic (exact) mass is 263 g/mol. The molecule has 18 heavy (non-hydrogen) atoms. The maximum absolute atomic E-state index is 11.0. The minimum absolute atomic E-state index is 0.374. The summed E-state index contributed by atoms with van der Waals surface area (Å²) in [5.74, 6) is 1.48. The Bertz CT molecular complexity index is 561. The highest BCUT2D eigenvalue weighted by Crippen LogP contribution is 2.25. The van der Waals surface area contributed by atoms with Crippen LogP contribution in [0.25, 0.3) is 11.5 Å². The normalized spacial score (nSPS) is 10.9. The molecule has 0 unspecified atom stereocenters. The van der Waals surface area contributed by atoms with Crippen LogP contribution in [0.3, 0.4) is 0 Å². The maximum atomic E-state index is 11.0. The van der Waals surface area contributed by atoms with E-state index < -0.39 is 0 Å². The maximum Gasteiger partial charge on any atom is 0.227 e. The zero-order chi connectivity index (χ0) is 13.1. The van der Waals surface area contributed by atoms with E-state index in [1.807, 2.05) is 12.1 Å². The van der Waals surface area contributed by atoms with Crippen molar-refractivity contribution in [2.24, 2.45) is 5.92 Å². The van der Waals surface area contributed by atoms with Gasteiger partial charge in [-0.3, -0.25) is 4.79 Å². The number of nitrogens with zero attached hydrogens (tertiary/aromatic N) is 1. The fraction of sp³-hybridized carbons (Fsp3) is 0.286. The second-order valence-electron chi connectivity index (χ2n) is 4.55. The molecule has 2 aromatic rings. The minimum Gasteiger partial charge on any atom is -0.440 e. The molecular formula is C14H14ClNO2. The summed E-state index contributed by atoms with van der Waals surface area (Å²) < 4.78 is 5.66. The van der Waals surface area contributed by atoms with E-state index in [0.717, 1.165) is 11.8 Å². The van der Waals surface area contributed by atoms with Crippen molar-refractivity contribution in [3.63, 3.8) is 0 Å². The number of hydrogen-bond donors (Lipinski definition) is 0. The molecule has 3 nitrogen and oxygen atoms in total. The van der Waals surface area contributed by atoms with Crippen LogP contribution in [-0.4, -0.2) is 11.3 Å². The standard InChI is InChI=1S/C14H14ClNO2/c1-9(2)6-13-12(8-17)16-14(18-13)10-4-3-5-11(15)7-10/h3-5,7-9H,6H2,1-2H3. The van der Waals surface area contributed by atoms with Crippen LogP contribution < -0.4 is 0 Å². The third kappa shape index (κ3) is 2.79. The first kappa shape index (κ1) is 12.8. The summed E-state index contributed by atoms with van der Waals surface area (Å²) in [6.07, 6.45) is 1.43. The van der Waals surface area contributed by atoms with Crippen molar-refractivity contribution in [1.29, 1.82) is 0 Å². The predicted octanol–water partition coefficient (Wildman–Crippen LogP) is 4.01. The van der Waals surface area contributed by atoms with Crippen LogP contribution in [0.4, 0.5) is 0 Å². The van der Waals surface area contributed by atoms with Crippen molar-refractivity contribution in [3.8, 4) is 11.5 Å². The van der Waals surface area contributed by atoms with Crippen molar-refractivity contribution in [3.05, 3.63) is 40.7 Å². The summed E-state index contributed by atoms with van der Waals surface area (Å²) in [4.78, 5) is 15.2. The smallest absolute Gasteiger partial charge is 0.227 e. The molecule has 0 N–H and O–H groups in total. The van der Waals surface area contributed by atoms with Gasteiger partial charge in [-0.1, -0.05) is 31.5 Å². The SMILES string of the molecule is CC(C)Cc1oc(-c2cccc(Cl)c2)nc1C=O. The second-order valence-corrected chi connectivity index (χ2v) is 4.99. The summed E-state index contributed by atoms with van der Waals surface area (Å²) in [5, 5.41) is 0.615. The first-order valence-electron chi connectivity index (χ1n) is 5.81. The van der Waals surface area contributed by atoms with Gasteiger partial charge in [0.25, 0.3) is 0 Å². The average molecular weight is 264 g/mol. The number of hydrogen-bond acceptors (Lipinski definition) is 3. The van der Waals surface area contributed by atoms with Crippen LogP contribution in [-0.2, 0) is 6.42 Å². The Balaban J connectivity index is 2.40. The molecule has 1 aromatic carbocycles. The molecule has 1 aromatic heterocycles. The molecule has 0 saturated heterocycles. The Kier molecular flexibility index (Phi) is 3.82. The molecule has 0 fully saturated rings. The van der Waals surface area contributed by atoms with Gasteiger partial charge in [0.1, 0.15) is 11.5 Å². The van der Waals surface area contributed by atoms with E-state index in [0.29, 0.717) is 34.7 Å².